The van der Waals surface area contributed by atoms with Crippen LogP contribution >= 0.6 is 15.9 Å². The van der Waals surface area contributed by atoms with Crippen molar-refractivity contribution in [3.05, 3.63) is 30.1 Å². The van der Waals surface area contributed by atoms with Gasteiger partial charge in [-0.15, -0.1) is 0 Å². The number of hydrogen-bond acceptors (Lipinski definition) is 2. The number of halogens is 1. The molecule has 18 heavy (non-hydrogen) atoms. The van der Waals surface area contributed by atoms with Crippen molar-refractivity contribution in [2.45, 2.75) is 38.1 Å². The van der Waals surface area contributed by atoms with Gasteiger partial charge in [-0.1, -0.05) is 41.3 Å². The minimum Gasteiger partial charge on any atom is -0.333 e. The van der Waals surface area contributed by atoms with Gasteiger partial charge in [0.15, 0.2) is 0 Å². The van der Waals surface area contributed by atoms with Gasteiger partial charge in [-0.25, -0.2) is 0 Å². The molecule has 1 aliphatic rings. The molecule has 0 saturated heterocycles. The number of nitrogens with zero attached hydrogens (tertiary/aromatic N) is 2. The van der Waals surface area contributed by atoms with Crippen LogP contribution in [0.5, 0.6) is 0 Å². The Morgan fingerprint density at radius 3 is 2.72 bits per heavy atom. The third kappa shape index (κ3) is 3.31. The van der Waals surface area contributed by atoms with Gasteiger partial charge in [0.1, 0.15) is 5.69 Å². The molecule has 1 aromatic heterocycles. The molecule has 3 nitrogen and oxygen atoms in total. The molecule has 1 aliphatic carbocycles. The fourth-order valence-electron chi connectivity index (χ4n) is 2.57. The average molecular weight is 311 g/mol. The summed E-state index contributed by atoms with van der Waals surface area (Å²) in [7, 11) is 0. The van der Waals surface area contributed by atoms with Crippen LogP contribution in [0, 0.1) is 0 Å². The summed E-state index contributed by atoms with van der Waals surface area (Å²) in [5.41, 5.74) is 0.559. The number of amides is 1. The largest absolute Gasteiger partial charge is 0.333 e. The highest BCUT2D eigenvalue weighted by Gasteiger charge is 2.26. The van der Waals surface area contributed by atoms with Gasteiger partial charge in [0.05, 0.1) is 0 Å². The summed E-state index contributed by atoms with van der Waals surface area (Å²) in [6.07, 6.45) is 7.71. The Labute approximate surface area is 117 Å². The van der Waals surface area contributed by atoms with Crippen molar-refractivity contribution < 1.29 is 4.79 Å². The van der Waals surface area contributed by atoms with Gasteiger partial charge >= 0.3 is 0 Å². The molecule has 1 aromatic rings. The van der Waals surface area contributed by atoms with Crippen LogP contribution in [0.3, 0.4) is 0 Å². The molecule has 1 saturated carbocycles. The van der Waals surface area contributed by atoms with Crippen LogP contribution in [0.4, 0.5) is 0 Å². The second kappa shape index (κ2) is 6.88. The molecule has 1 fully saturated rings. The Kier molecular flexibility index (Phi) is 5.17. The van der Waals surface area contributed by atoms with Crippen LogP contribution in [0.1, 0.15) is 42.6 Å². The van der Waals surface area contributed by atoms with Gasteiger partial charge in [-0.2, -0.15) is 0 Å². The van der Waals surface area contributed by atoms with E-state index in [1.54, 1.807) is 12.3 Å². The van der Waals surface area contributed by atoms with Crippen molar-refractivity contribution in [3.8, 4) is 0 Å². The average Bonchev–Trinajstić information content (AvgIpc) is 2.46. The molecular formula is C14H19BrN2O. The lowest BCUT2D eigenvalue weighted by atomic mass is 9.94. The van der Waals surface area contributed by atoms with Crippen molar-refractivity contribution in [1.82, 2.24) is 9.88 Å². The monoisotopic (exact) mass is 310 g/mol. The number of hydrogen-bond donors (Lipinski definition) is 0. The molecular weight excluding hydrogens is 292 g/mol. The van der Waals surface area contributed by atoms with Crippen molar-refractivity contribution in [2.75, 3.05) is 11.9 Å². The normalized spacial score (nSPS) is 16.5. The van der Waals surface area contributed by atoms with Crippen LogP contribution in [0.2, 0.25) is 0 Å². The first kappa shape index (κ1) is 13.5. The lowest BCUT2D eigenvalue weighted by Crippen LogP contribution is -2.42. The number of alkyl halides is 1. The predicted molar refractivity (Wildman–Crippen MR) is 75.9 cm³/mol. The summed E-state index contributed by atoms with van der Waals surface area (Å²) in [5, 5.41) is 0.822. The molecule has 0 aliphatic heterocycles. The van der Waals surface area contributed by atoms with Gasteiger partial charge in [0, 0.05) is 24.1 Å². The molecule has 0 bridgehead atoms. The molecule has 2 rings (SSSR count). The molecule has 98 valence electrons. The maximum atomic E-state index is 12.5. The van der Waals surface area contributed by atoms with Crippen LogP contribution < -0.4 is 0 Å². The zero-order valence-electron chi connectivity index (χ0n) is 10.5. The summed E-state index contributed by atoms with van der Waals surface area (Å²) in [6, 6.07) is 5.90. The fourth-order valence-corrected chi connectivity index (χ4v) is 2.95. The van der Waals surface area contributed by atoms with Crippen molar-refractivity contribution in [1.29, 1.82) is 0 Å². The van der Waals surface area contributed by atoms with E-state index < -0.39 is 0 Å². The maximum Gasteiger partial charge on any atom is 0.272 e. The Hall–Kier alpha value is -0.900. The van der Waals surface area contributed by atoms with Gasteiger partial charge in [-0.3, -0.25) is 9.78 Å². The van der Waals surface area contributed by atoms with E-state index in [9.17, 15) is 4.79 Å². The van der Waals surface area contributed by atoms with Gasteiger partial charge < -0.3 is 4.90 Å². The van der Waals surface area contributed by atoms with Crippen LogP contribution in [-0.2, 0) is 0 Å². The molecule has 0 spiro atoms. The third-order valence-corrected chi connectivity index (χ3v) is 3.84. The number of aromatic nitrogens is 1. The van der Waals surface area contributed by atoms with E-state index in [1.165, 1.54) is 19.3 Å². The van der Waals surface area contributed by atoms with Crippen molar-refractivity contribution in [3.63, 3.8) is 0 Å². The standard InChI is InChI=1S/C14H19BrN2O/c15-9-11-17(12-6-2-1-3-7-12)14(18)13-8-4-5-10-16-13/h4-5,8,10,12H,1-3,6-7,9,11H2. The highest BCUT2D eigenvalue weighted by molar-refractivity contribution is 9.09. The zero-order valence-corrected chi connectivity index (χ0v) is 12.1. The van der Waals surface area contributed by atoms with E-state index in [1.807, 2.05) is 17.0 Å². The lowest BCUT2D eigenvalue weighted by Gasteiger charge is -2.33. The summed E-state index contributed by atoms with van der Waals surface area (Å²) in [5.74, 6) is 0.0713. The number of carbonyl (C=O) groups excluding carboxylic acids is 1. The SMILES string of the molecule is O=C(c1ccccn1)N(CCBr)C1CCCCC1. The molecule has 1 heterocycles. The first-order valence-electron chi connectivity index (χ1n) is 6.61. The second-order valence-corrected chi connectivity index (χ2v) is 5.49. The van der Waals surface area contributed by atoms with Crippen molar-refractivity contribution >= 4 is 21.8 Å². The van der Waals surface area contributed by atoms with E-state index in [0.29, 0.717) is 11.7 Å². The minimum absolute atomic E-state index is 0.0713. The smallest absolute Gasteiger partial charge is 0.272 e. The Balaban J connectivity index is 2.11. The second-order valence-electron chi connectivity index (χ2n) is 4.69. The van der Waals surface area contributed by atoms with Gasteiger partial charge in [-0.05, 0) is 25.0 Å². The summed E-state index contributed by atoms with van der Waals surface area (Å²) >= 11 is 3.44. The maximum absolute atomic E-state index is 12.5. The molecule has 0 radical (unpaired) electrons. The topological polar surface area (TPSA) is 33.2 Å². The van der Waals surface area contributed by atoms with Crippen molar-refractivity contribution in [2.24, 2.45) is 0 Å². The molecule has 0 unspecified atom stereocenters. The van der Waals surface area contributed by atoms with Crippen LogP contribution in [0.25, 0.3) is 0 Å². The van der Waals surface area contributed by atoms with Crippen LogP contribution in [0.15, 0.2) is 24.4 Å². The highest BCUT2D eigenvalue weighted by atomic mass is 79.9. The van der Waals surface area contributed by atoms with Crippen LogP contribution in [-0.4, -0.2) is 33.7 Å². The quantitative estimate of drug-likeness (QED) is 0.800. The van der Waals surface area contributed by atoms with E-state index in [4.69, 9.17) is 0 Å². The van der Waals surface area contributed by atoms with E-state index >= 15 is 0 Å². The molecule has 0 aromatic carbocycles. The summed E-state index contributed by atoms with van der Waals surface area (Å²) < 4.78 is 0. The fraction of sp³-hybridized carbons (Fsp3) is 0.571. The molecule has 1 amide bonds. The number of rotatable bonds is 4. The lowest BCUT2D eigenvalue weighted by molar-refractivity contribution is 0.0645. The first-order chi connectivity index (χ1) is 8.83. The molecule has 0 N–H and O–H groups in total. The Bertz CT molecular complexity index is 377. The van der Waals surface area contributed by atoms with Gasteiger partial charge in [0.25, 0.3) is 5.91 Å². The number of pyridine rings is 1. The van der Waals surface area contributed by atoms with E-state index in [0.717, 1.165) is 24.7 Å². The minimum atomic E-state index is 0.0713. The molecule has 0 atom stereocenters. The Morgan fingerprint density at radius 1 is 1.33 bits per heavy atom. The van der Waals surface area contributed by atoms with E-state index in [-0.39, 0.29) is 5.91 Å². The van der Waals surface area contributed by atoms with E-state index in [2.05, 4.69) is 20.9 Å². The Morgan fingerprint density at radius 2 is 2.11 bits per heavy atom. The highest BCUT2D eigenvalue weighted by Crippen LogP contribution is 2.23. The summed E-state index contributed by atoms with van der Waals surface area (Å²) in [6.45, 7) is 0.764. The number of carbonyl (C=O) groups is 1. The first-order valence-corrected chi connectivity index (χ1v) is 7.73. The summed E-state index contributed by atoms with van der Waals surface area (Å²) in [4.78, 5) is 18.6. The molecule has 4 heteroatoms. The van der Waals surface area contributed by atoms with Gasteiger partial charge in [0.2, 0.25) is 0 Å². The predicted octanol–water partition coefficient (Wildman–Crippen LogP) is 3.25. The third-order valence-electron chi connectivity index (χ3n) is 3.49. The zero-order chi connectivity index (χ0) is 12.8.